The lowest BCUT2D eigenvalue weighted by Crippen LogP contribution is -2.04. The van der Waals surface area contributed by atoms with Crippen molar-refractivity contribution < 1.29 is 17.7 Å². The van der Waals surface area contributed by atoms with E-state index < -0.39 is 14.8 Å². The molecule has 2 aromatic rings. The van der Waals surface area contributed by atoms with Gasteiger partial charge < -0.3 is 5.32 Å². The lowest BCUT2D eigenvalue weighted by molar-refractivity contribution is -0.383. The van der Waals surface area contributed by atoms with Gasteiger partial charge in [-0.3, -0.25) is 10.1 Å². The van der Waals surface area contributed by atoms with Crippen molar-refractivity contribution in [1.29, 1.82) is 0 Å². The molecular weight excluding hydrogens is 343 g/mol. The van der Waals surface area contributed by atoms with Crippen LogP contribution in [0.3, 0.4) is 0 Å². The molecule has 23 heavy (non-hydrogen) atoms. The summed E-state index contributed by atoms with van der Waals surface area (Å²) in [6.45, 7) is 0. The molecule has 0 aliphatic heterocycles. The number of thiophene rings is 1. The summed E-state index contributed by atoms with van der Waals surface area (Å²) in [5.74, 6) is -0.176. The van der Waals surface area contributed by atoms with Crippen molar-refractivity contribution in [3.8, 4) is 0 Å². The highest BCUT2D eigenvalue weighted by Gasteiger charge is 2.40. The molecule has 0 unspecified atom stereocenters. The van der Waals surface area contributed by atoms with Crippen molar-refractivity contribution in [2.75, 3.05) is 11.6 Å². The molecule has 1 saturated carbocycles. The van der Waals surface area contributed by atoms with Gasteiger partial charge in [0.25, 0.3) is 0 Å². The highest BCUT2D eigenvalue weighted by atomic mass is 32.2. The lowest BCUT2D eigenvalue weighted by atomic mass is 10.1. The Bertz CT molecular complexity index is 861. The number of nitrogens with zero attached hydrogens (tertiary/aromatic N) is 1. The molecule has 1 aromatic heterocycles. The minimum absolute atomic E-state index is 0.0229. The molecule has 2 atom stereocenters. The van der Waals surface area contributed by atoms with Crippen LogP contribution in [-0.4, -0.2) is 25.6 Å². The summed E-state index contributed by atoms with van der Waals surface area (Å²) in [4.78, 5) is 10.5. The average molecular weight is 356 g/mol. The third-order valence-electron chi connectivity index (χ3n) is 3.66. The summed E-state index contributed by atoms with van der Waals surface area (Å²) < 4.78 is 36.0. The summed E-state index contributed by atoms with van der Waals surface area (Å²) in [6, 6.07) is 7.18. The largest absolute Gasteiger partial charge is 0.368 e. The number of anilines is 1. The fraction of sp³-hybridized carbons (Fsp3) is 0.286. The Morgan fingerprint density at radius 2 is 2.00 bits per heavy atom. The van der Waals surface area contributed by atoms with Gasteiger partial charge in [-0.1, -0.05) is 23.5 Å². The predicted molar refractivity (Wildman–Crippen MR) is 85.3 cm³/mol. The molecular formula is C14H13FN2O4S2. The van der Waals surface area contributed by atoms with Gasteiger partial charge in [0.2, 0.25) is 0 Å². The normalized spacial score (nSPS) is 20.3. The predicted octanol–water partition coefficient (Wildman–Crippen LogP) is 3.17. The smallest absolute Gasteiger partial charge is 0.304 e. The van der Waals surface area contributed by atoms with Gasteiger partial charge >= 0.3 is 5.69 Å². The maximum absolute atomic E-state index is 12.9. The maximum Gasteiger partial charge on any atom is 0.304 e. The SMILES string of the molecule is CS(=O)(=O)c1cc([N+](=O)[O-])c(N[C@@H]2C[C@H]2c2ccc(F)cc2)s1. The molecule has 1 aliphatic carbocycles. The Morgan fingerprint density at radius 3 is 2.57 bits per heavy atom. The van der Waals surface area contributed by atoms with E-state index in [1.807, 2.05) is 0 Å². The first-order valence-electron chi connectivity index (χ1n) is 6.76. The summed E-state index contributed by atoms with van der Waals surface area (Å²) in [5, 5.41) is 14.4. The Balaban J connectivity index is 1.80. The number of benzene rings is 1. The van der Waals surface area contributed by atoms with E-state index in [-0.39, 0.29) is 32.7 Å². The van der Waals surface area contributed by atoms with Crippen LogP contribution in [-0.2, 0) is 9.84 Å². The van der Waals surface area contributed by atoms with E-state index in [9.17, 15) is 22.9 Å². The molecule has 6 nitrogen and oxygen atoms in total. The number of nitrogens with one attached hydrogen (secondary N) is 1. The number of hydrogen-bond donors (Lipinski definition) is 1. The molecule has 122 valence electrons. The van der Waals surface area contributed by atoms with Crippen molar-refractivity contribution in [1.82, 2.24) is 0 Å². The van der Waals surface area contributed by atoms with Crippen molar-refractivity contribution in [2.45, 2.75) is 22.6 Å². The Morgan fingerprint density at radius 1 is 1.35 bits per heavy atom. The van der Waals surface area contributed by atoms with E-state index >= 15 is 0 Å². The molecule has 1 fully saturated rings. The topological polar surface area (TPSA) is 89.3 Å². The van der Waals surface area contributed by atoms with Gasteiger partial charge in [-0.15, -0.1) is 0 Å². The van der Waals surface area contributed by atoms with Gasteiger partial charge in [-0.25, -0.2) is 12.8 Å². The summed E-state index contributed by atoms with van der Waals surface area (Å²) in [6.07, 6.45) is 1.78. The van der Waals surface area contributed by atoms with E-state index in [2.05, 4.69) is 5.32 Å². The molecule has 3 rings (SSSR count). The van der Waals surface area contributed by atoms with Crippen LogP contribution < -0.4 is 5.32 Å². The molecule has 0 amide bonds. The van der Waals surface area contributed by atoms with Gasteiger partial charge in [0.1, 0.15) is 10.0 Å². The molecule has 0 radical (unpaired) electrons. The third kappa shape index (κ3) is 3.35. The monoisotopic (exact) mass is 356 g/mol. The number of halogens is 1. The Hall–Kier alpha value is -2.00. The number of rotatable bonds is 5. The Labute approximate surface area is 136 Å². The van der Waals surface area contributed by atoms with E-state index in [0.29, 0.717) is 0 Å². The van der Waals surface area contributed by atoms with Crippen LogP contribution in [0.25, 0.3) is 0 Å². The first-order chi connectivity index (χ1) is 10.8. The quantitative estimate of drug-likeness (QED) is 0.656. The number of sulfone groups is 1. The molecule has 0 saturated heterocycles. The summed E-state index contributed by atoms with van der Waals surface area (Å²) >= 11 is 0.862. The number of nitro groups is 1. The standard InChI is InChI=1S/C14H13FN2O4S2/c1-23(20,21)13-7-12(17(18)19)14(22-13)16-11-6-10(11)8-2-4-9(15)5-3-8/h2-5,7,10-11,16H,6H2,1H3/t10-,11+/m0/s1. The highest BCUT2D eigenvalue weighted by molar-refractivity contribution is 7.92. The zero-order valence-electron chi connectivity index (χ0n) is 12.0. The second-order valence-corrected chi connectivity index (χ2v) is 8.75. The van der Waals surface area contributed by atoms with Crippen molar-refractivity contribution >= 4 is 31.9 Å². The van der Waals surface area contributed by atoms with Crippen molar-refractivity contribution in [2.24, 2.45) is 0 Å². The van der Waals surface area contributed by atoms with Gasteiger partial charge in [0.05, 0.1) is 4.92 Å². The van der Waals surface area contributed by atoms with Crippen LogP contribution in [0.5, 0.6) is 0 Å². The summed E-state index contributed by atoms with van der Waals surface area (Å²) in [7, 11) is -3.49. The zero-order chi connectivity index (χ0) is 16.8. The van der Waals surface area contributed by atoms with Crippen LogP contribution in [0.15, 0.2) is 34.5 Å². The fourth-order valence-corrected chi connectivity index (χ4v) is 4.38. The van der Waals surface area contributed by atoms with Gasteiger partial charge in [0.15, 0.2) is 14.8 Å². The van der Waals surface area contributed by atoms with Crippen LogP contribution in [0, 0.1) is 15.9 Å². The fourth-order valence-electron chi connectivity index (χ4n) is 2.38. The second kappa shape index (κ2) is 5.57. The molecule has 1 aliphatic rings. The molecule has 1 aromatic carbocycles. The lowest BCUT2D eigenvalue weighted by Gasteiger charge is -2.03. The molecule has 0 bridgehead atoms. The molecule has 1 N–H and O–H groups in total. The first kappa shape index (κ1) is 15.9. The third-order valence-corrected chi connectivity index (χ3v) is 6.51. The van der Waals surface area contributed by atoms with Gasteiger partial charge in [-0.2, -0.15) is 0 Å². The Kier molecular flexibility index (Phi) is 3.85. The molecule has 9 heteroatoms. The van der Waals surface area contributed by atoms with E-state index in [1.54, 1.807) is 12.1 Å². The average Bonchev–Trinajstić information content (AvgIpc) is 3.06. The molecule has 0 spiro atoms. The minimum atomic E-state index is -3.49. The van der Waals surface area contributed by atoms with Gasteiger partial charge in [-0.05, 0) is 24.1 Å². The first-order valence-corrected chi connectivity index (χ1v) is 9.47. The maximum atomic E-state index is 12.9. The van der Waals surface area contributed by atoms with Crippen molar-refractivity contribution in [3.05, 3.63) is 51.8 Å². The van der Waals surface area contributed by atoms with Crippen LogP contribution in [0.2, 0.25) is 0 Å². The molecule has 1 heterocycles. The number of hydrogen-bond acceptors (Lipinski definition) is 6. The van der Waals surface area contributed by atoms with Crippen LogP contribution >= 0.6 is 11.3 Å². The summed E-state index contributed by atoms with van der Waals surface area (Å²) in [5.41, 5.74) is 0.714. The van der Waals surface area contributed by atoms with Crippen molar-refractivity contribution in [3.63, 3.8) is 0 Å². The van der Waals surface area contributed by atoms with E-state index in [4.69, 9.17) is 0 Å². The highest BCUT2D eigenvalue weighted by Crippen LogP contribution is 2.46. The van der Waals surface area contributed by atoms with E-state index in [0.717, 1.165) is 35.6 Å². The minimum Gasteiger partial charge on any atom is -0.368 e. The van der Waals surface area contributed by atoms with Crippen LogP contribution in [0.1, 0.15) is 17.9 Å². The van der Waals surface area contributed by atoms with Gasteiger partial charge in [0, 0.05) is 24.3 Å². The van der Waals surface area contributed by atoms with E-state index in [1.165, 1.54) is 12.1 Å². The van der Waals surface area contributed by atoms with Crippen LogP contribution in [0.4, 0.5) is 15.1 Å². The zero-order valence-corrected chi connectivity index (χ0v) is 13.7. The second-order valence-electron chi connectivity index (χ2n) is 5.45.